The predicted octanol–water partition coefficient (Wildman–Crippen LogP) is 4.05. The van der Waals surface area contributed by atoms with E-state index in [1.165, 1.54) is 24.3 Å². The molecule has 0 spiro atoms. The molecule has 3 aromatic rings. The molecule has 2 aromatic carbocycles. The zero-order chi connectivity index (χ0) is 21.7. The molecule has 1 aromatic heterocycles. The van der Waals surface area contributed by atoms with Crippen molar-refractivity contribution in [1.82, 2.24) is 0 Å². The van der Waals surface area contributed by atoms with Crippen LogP contribution in [0.3, 0.4) is 0 Å². The van der Waals surface area contributed by atoms with Crippen molar-refractivity contribution in [3.05, 3.63) is 70.1 Å². The quantitative estimate of drug-likeness (QED) is 0.357. The van der Waals surface area contributed by atoms with Gasteiger partial charge in [0.2, 0.25) is 0 Å². The molecule has 7 heteroatoms. The van der Waals surface area contributed by atoms with Crippen LogP contribution in [0.4, 0.5) is 0 Å². The van der Waals surface area contributed by atoms with Gasteiger partial charge in [-0.2, -0.15) is 0 Å². The fraction of sp³-hybridized carbons (Fsp3) is 0.217. The first kappa shape index (κ1) is 21.0. The van der Waals surface area contributed by atoms with E-state index in [4.69, 9.17) is 18.6 Å². The van der Waals surface area contributed by atoms with E-state index in [9.17, 15) is 14.7 Å². The van der Waals surface area contributed by atoms with E-state index >= 15 is 0 Å². The lowest BCUT2D eigenvalue weighted by molar-refractivity contribution is -0.138. The Hall–Kier alpha value is -3.74. The van der Waals surface area contributed by atoms with Gasteiger partial charge in [0.25, 0.3) is 0 Å². The lowest BCUT2D eigenvalue weighted by Gasteiger charge is -2.13. The largest absolute Gasteiger partial charge is 0.508 e. The van der Waals surface area contributed by atoms with Crippen LogP contribution >= 0.6 is 0 Å². The normalized spacial score (nSPS) is 11.2. The van der Waals surface area contributed by atoms with Crippen LogP contribution in [0.1, 0.15) is 25.0 Å². The number of esters is 1. The summed E-state index contributed by atoms with van der Waals surface area (Å²) >= 11 is 0. The molecule has 0 radical (unpaired) electrons. The van der Waals surface area contributed by atoms with Crippen LogP contribution < -0.4 is 15.1 Å². The van der Waals surface area contributed by atoms with Gasteiger partial charge in [0.15, 0.2) is 11.5 Å². The molecule has 156 valence electrons. The first-order valence-electron chi connectivity index (χ1n) is 9.31. The Kier molecular flexibility index (Phi) is 6.41. The maximum absolute atomic E-state index is 12.1. The molecule has 0 aliphatic carbocycles. The van der Waals surface area contributed by atoms with Gasteiger partial charge in [0, 0.05) is 29.2 Å². The van der Waals surface area contributed by atoms with Crippen molar-refractivity contribution in [2.24, 2.45) is 0 Å². The summed E-state index contributed by atoms with van der Waals surface area (Å²) in [6.45, 7) is 3.73. The second-order valence-electron chi connectivity index (χ2n) is 6.79. The molecule has 0 unspecified atom stereocenters. The average molecular weight is 410 g/mol. The van der Waals surface area contributed by atoms with E-state index in [0.29, 0.717) is 22.4 Å². The number of phenols is 1. The van der Waals surface area contributed by atoms with E-state index in [-0.39, 0.29) is 24.0 Å². The number of ether oxygens (including phenoxy) is 3. The van der Waals surface area contributed by atoms with Crippen LogP contribution in [0.5, 0.6) is 17.2 Å². The van der Waals surface area contributed by atoms with Crippen LogP contribution in [0.2, 0.25) is 0 Å². The number of hydrogen-bond acceptors (Lipinski definition) is 7. The van der Waals surface area contributed by atoms with Crippen molar-refractivity contribution in [3.8, 4) is 17.2 Å². The summed E-state index contributed by atoms with van der Waals surface area (Å²) in [5.74, 6) is 0.581. The minimum atomic E-state index is -0.592. The summed E-state index contributed by atoms with van der Waals surface area (Å²) in [5.41, 5.74) is 0.853. The Balaban J connectivity index is 1.70. The maximum Gasteiger partial charge on any atom is 0.336 e. The van der Waals surface area contributed by atoms with Crippen molar-refractivity contribution < 1.29 is 28.5 Å². The number of rotatable bonds is 7. The summed E-state index contributed by atoms with van der Waals surface area (Å²) in [5, 5.41) is 10.1. The van der Waals surface area contributed by atoms with Crippen LogP contribution in [0.25, 0.3) is 17.0 Å². The Morgan fingerprint density at radius 1 is 1.13 bits per heavy atom. The van der Waals surface area contributed by atoms with Gasteiger partial charge < -0.3 is 23.7 Å². The topological polar surface area (TPSA) is 95.2 Å². The van der Waals surface area contributed by atoms with Gasteiger partial charge in [-0.25, -0.2) is 9.59 Å². The average Bonchev–Trinajstić information content (AvgIpc) is 2.70. The van der Waals surface area contributed by atoms with Crippen LogP contribution in [0, 0.1) is 0 Å². The summed E-state index contributed by atoms with van der Waals surface area (Å²) in [6.07, 6.45) is 2.90. The minimum Gasteiger partial charge on any atom is -0.508 e. The third-order valence-corrected chi connectivity index (χ3v) is 4.15. The fourth-order valence-corrected chi connectivity index (χ4v) is 2.84. The second kappa shape index (κ2) is 9.17. The van der Waals surface area contributed by atoms with Gasteiger partial charge in [0.1, 0.15) is 17.9 Å². The summed E-state index contributed by atoms with van der Waals surface area (Å²) in [4.78, 5) is 23.8. The number of methoxy groups -OCH3 is 1. The molecule has 0 aliphatic heterocycles. The number of benzene rings is 2. The maximum atomic E-state index is 12.1. The van der Waals surface area contributed by atoms with Crippen LogP contribution in [0.15, 0.2) is 57.8 Å². The summed E-state index contributed by atoms with van der Waals surface area (Å²) < 4.78 is 21.3. The molecule has 0 fully saturated rings. The third kappa shape index (κ3) is 5.20. The van der Waals surface area contributed by atoms with Crippen molar-refractivity contribution in [1.29, 1.82) is 0 Å². The molecule has 0 bridgehead atoms. The second-order valence-corrected chi connectivity index (χ2v) is 6.79. The van der Waals surface area contributed by atoms with E-state index in [1.54, 1.807) is 37.5 Å². The summed E-state index contributed by atoms with van der Waals surface area (Å²) in [7, 11) is 1.55. The minimum absolute atomic E-state index is 0.00995. The SMILES string of the molecule is COc1cc(/C=C/C(=O)OCc2cc(=O)oc3cc(O)ccc23)ccc1OC(C)C. The number of carbonyl (C=O) groups is 1. The predicted molar refractivity (Wildman–Crippen MR) is 112 cm³/mol. The van der Waals surface area contributed by atoms with Gasteiger partial charge in [-0.3, -0.25) is 0 Å². The molecule has 0 saturated carbocycles. The highest BCUT2D eigenvalue weighted by atomic mass is 16.5. The van der Waals surface area contributed by atoms with Gasteiger partial charge in [-0.05, 0) is 49.8 Å². The monoisotopic (exact) mass is 410 g/mol. The van der Waals surface area contributed by atoms with E-state index in [1.807, 2.05) is 13.8 Å². The Morgan fingerprint density at radius 3 is 2.67 bits per heavy atom. The molecule has 1 N–H and O–H groups in total. The van der Waals surface area contributed by atoms with Gasteiger partial charge in [-0.15, -0.1) is 0 Å². The van der Waals surface area contributed by atoms with E-state index in [0.717, 1.165) is 5.56 Å². The zero-order valence-corrected chi connectivity index (χ0v) is 16.9. The Labute approximate surface area is 173 Å². The van der Waals surface area contributed by atoms with Crippen LogP contribution in [-0.2, 0) is 16.1 Å². The number of phenolic OH excluding ortho intramolecular Hbond substituents is 1. The van der Waals surface area contributed by atoms with Gasteiger partial charge in [-0.1, -0.05) is 6.07 Å². The number of hydrogen-bond donors (Lipinski definition) is 1. The lowest BCUT2D eigenvalue weighted by Crippen LogP contribution is -2.06. The van der Waals surface area contributed by atoms with Gasteiger partial charge >= 0.3 is 11.6 Å². The smallest absolute Gasteiger partial charge is 0.336 e. The van der Waals surface area contributed by atoms with Crippen molar-refractivity contribution in [3.63, 3.8) is 0 Å². The van der Waals surface area contributed by atoms with Crippen molar-refractivity contribution in [2.75, 3.05) is 7.11 Å². The summed E-state index contributed by atoms with van der Waals surface area (Å²) in [6, 6.07) is 11.0. The number of carbonyl (C=O) groups excluding carboxylic acids is 1. The molecule has 0 saturated heterocycles. The highest BCUT2D eigenvalue weighted by molar-refractivity contribution is 5.87. The molecule has 3 rings (SSSR count). The lowest BCUT2D eigenvalue weighted by atomic mass is 10.1. The molecule has 1 heterocycles. The molecule has 0 atom stereocenters. The first-order chi connectivity index (χ1) is 14.4. The molecule has 7 nitrogen and oxygen atoms in total. The molecule has 0 amide bonds. The molecular weight excluding hydrogens is 388 g/mol. The molecule has 30 heavy (non-hydrogen) atoms. The van der Waals surface area contributed by atoms with Crippen LogP contribution in [-0.4, -0.2) is 24.3 Å². The van der Waals surface area contributed by atoms with E-state index in [2.05, 4.69) is 0 Å². The highest BCUT2D eigenvalue weighted by Crippen LogP contribution is 2.29. The standard InChI is InChI=1S/C23H22O7/c1-14(2)29-19-8-4-15(10-21(19)27-3)5-9-22(25)28-13-16-11-23(26)30-20-12-17(24)6-7-18(16)20/h4-12,14,24H,13H2,1-3H3/b9-5+. The third-order valence-electron chi connectivity index (χ3n) is 4.15. The zero-order valence-electron chi connectivity index (χ0n) is 16.9. The molecular formula is C23H22O7. The van der Waals surface area contributed by atoms with Crippen molar-refractivity contribution >= 4 is 23.0 Å². The number of aromatic hydroxyl groups is 1. The van der Waals surface area contributed by atoms with Crippen molar-refractivity contribution in [2.45, 2.75) is 26.6 Å². The molecule has 0 aliphatic rings. The first-order valence-corrected chi connectivity index (χ1v) is 9.31. The Bertz CT molecular complexity index is 1140. The highest BCUT2D eigenvalue weighted by Gasteiger charge is 2.09. The number of fused-ring (bicyclic) bond motifs is 1. The van der Waals surface area contributed by atoms with Gasteiger partial charge in [0.05, 0.1) is 13.2 Å². The fourth-order valence-electron chi connectivity index (χ4n) is 2.84. The van der Waals surface area contributed by atoms with E-state index < -0.39 is 11.6 Å². The Morgan fingerprint density at radius 2 is 1.93 bits per heavy atom.